The highest BCUT2D eigenvalue weighted by Gasteiger charge is 2.15. The Morgan fingerprint density at radius 2 is 1.52 bits per heavy atom. The maximum Gasteiger partial charge on any atom is 0.162 e. The zero-order chi connectivity index (χ0) is 20.2. The first-order chi connectivity index (χ1) is 14.2. The summed E-state index contributed by atoms with van der Waals surface area (Å²) < 4.78 is 10.8. The lowest BCUT2D eigenvalue weighted by Crippen LogP contribution is -2.18. The standard InChI is InChI=1S/C24H23N3O2/c1-27(16-17-9-5-4-6-10-17)24-19-11-7-8-12-20(19)25-23(26-24)18-13-14-21(28-2)22(15-18)29-3/h4-15H,16H2,1-3H3. The van der Waals surface area contributed by atoms with Gasteiger partial charge in [-0.1, -0.05) is 42.5 Å². The summed E-state index contributed by atoms with van der Waals surface area (Å²) in [6.07, 6.45) is 0. The highest BCUT2D eigenvalue weighted by Crippen LogP contribution is 2.33. The maximum absolute atomic E-state index is 5.45. The second-order valence-corrected chi connectivity index (χ2v) is 6.80. The molecule has 1 heterocycles. The van der Waals surface area contributed by atoms with Crippen LogP contribution in [-0.2, 0) is 6.54 Å². The normalized spacial score (nSPS) is 10.7. The van der Waals surface area contributed by atoms with E-state index >= 15 is 0 Å². The number of rotatable bonds is 6. The van der Waals surface area contributed by atoms with Gasteiger partial charge in [-0.15, -0.1) is 0 Å². The number of benzene rings is 3. The lowest BCUT2D eigenvalue weighted by molar-refractivity contribution is 0.355. The van der Waals surface area contributed by atoms with Gasteiger partial charge in [0, 0.05) is 24.5 Å². The van der Waals surface area contributed by atoms with E-state index in [2.05, 4.69) is 42.3 Å². The van der Waals surface area contributed by atoms with Crippen molar-refractivity contribution in [2.75, 3.05) is 26.2 Å². The van der Waals surface area contributed by atoms with Gasteiger partial charge in [0.1, 0.15) is 5.82 Å². The highest BCUT2D eigenvalue weighted by molar-refractivity contribution is 5.91. The largest absolute Gasteiger partial charge is 0.493 e. The molecule has 5 heteroatoms. The minimum atomic E-state index is 0.652. The minimum Gasteiger partial charge on any atom is -0.493 e. The fourth-order valence-electron chi connectivity index (χ4n) is 3.39. The molecule has 0 spiro atoms. The zero-order valence-corrected chi connectivity index (χ0v) is 16.8. The SMILES string of the molecule is COc1ccc(-c2nc(N(C)Cc3ccccc3)c3ccccc3n2)cc1OC. The number of aromatic nitrogens is 2. The fraction of sp³-hybridized carbons (Fsp3) is 0.167. The van der Waals surface area contributed by atoms with Gasteiger partial charge in [0.25, 0.3) is 0 Å². The summed E-state index contributed by atoms with van der Waals surface area (Å²) in [5.41, 5.74) is 3.01. The molecule has 0 atom stereocenters. The van der Waals surface area contributed by atoms with Crippen molar-refractivity contribution in [2.45, 2.75) is 6.54 Å². The molecule has 0 saturated heterocycles. The molecular weight excluding hydrogens is 362 g/mol. The van der Waals surface area contributed by atoms with Gasteiger partial charge in [0.05, 0.1) is 19.7 Å². The van der Waals surface area contributed by atoms with E-state index in [0.717, 1.165) is 28.8 Å². The van der Waals surface area contributed by atoms with Crippen molar-refractivity contribution in [3.05, 3.63) is 78.4 Å². The molecule has 3 aromatic carbocycles. The molecule has 0 radical (unpaired) electrons. The molecule has 0 saturated carbocycles. The lowest BCUT2D eigenvalue weighted by Gasteiger charge is -2.21. The van der Waals surface area contributed by atoms with Crippen LogP contribution in [-0.4, -0.2) is 31.2 Å². The molecule has 1 aromatic heterocycles. The van der Waals surface area contributed by atoms with Crippen LogP contribution in [0.3, 0.4) is 0 Å². The molecule has 0 aliphatic heterocycles. The third-order valence-electron chi connectivity index (χ3n) is 4.85. The van der Waals surface area contributed by atoms with Gasteiger partial charge in [-0.2, -0.15) is 0 Å². The number of hydrogen-bond acceptors (Lipinski definition) is 5. The molecule has 4 rings (SSSR count). The summed E-state index contributed by atoms with van der Waals surface area (Å²) >= 11 is 0. The summed E-state index contributed by atoms with van der Waals surface area (Å²) in [6.45, 7) is 0.757. The zero-order valence-electron chi connectivity index (χ0n) is 16.8. The van der Waals surface area contributed by atoms with Gasteiger partial charge in [-0.25, -0.2) is 9.97 Å². The van der Waals surface area contributed by atoms with Crippen LogP contribution < -0.4 is 14.4 Å². The molecule has 146 valence electrons. The van der Waals surface area contributed by atoms with Gasteiger partial charge in [0.2, 0.25) is 0 Å². The molecule has 29 heavy (non-hydrogen) atoms. The first kappa shape index (κ1) is 18.7. The van der Waals surface area contributed by atoms with Crippen LogP contribution in [0.2, 0.25) is 0 Å². The number of fused-ring (bicyclic) bond motifs is 1. The predicted molar refractivity (Wildman–Crippen MR) is 117 cm³/mol. The van der Waals surface area contributed by atoms with Gasteiger partial charge >= 0.3 is 0 Å². The third-order valence-corrected chi connectivity index (χ3v) is 4.85. The molecule has 0 bridgehead atoms. The minimum absolute atomic E-state index is 0.652. The maximum atomic E-state index is 5.45. The molecule has 0 unspecified atom stereocenters. The number of ether oxygens (including phenoxy) is 2. The van der Waals surface area contributed by atoms with E-state index < -0.39 is 0 Å². The number of para-hydroxylation sites is 1. The van der Waals surface area contributed by atoms with Crippen molar-refractivity contribution < 1.29 is 9.47 Å². The van der Waals surface area contributed by atoms with Crippen molar-refractivity contribution in [3.63, 3.8) is 0 Å². The Balaban J connectivity index is 1.81. The molecule has 0 aliphatic carbocycles. The van der Waals surface area contributed by atoms with E-state index in [4.69, 9.17) is 19.4 Å². The highest BCUT2D eigenvalue weighted by atomic mass is 16.5. The third kappa shape index (κ3) is 3.85. The Morgan fingerprint density at radius 3 is 2.28 bits per heavy atom. The van der Waals surface area contributed by atoms with Crippen LogP contribution in [0.25, 0.3) is 22.3 Å². The molecule has 0 fully saturated rings. The second-order valence-electron chi connectivity index (χ2n) is 6.80. The first-order valence-corrected chi connectivity index (χ1v) is 9.44. The number of nitrogens with zero attached hydrogens (tertiary/aromatic N) is 3. The van der Waals surface area contributed by atoms with E-state index in [0.29, 0.717) is 17.3 Å². The smallest absolute Gasteiger partial charge is 0.162 e. The van der Waals surface area contributed by atoms with Gasteiger partial charge < -0.3 is 14.4 Å². The summed E-state index contributed by atoms with van der Waals surface area (Å²) in [6, 6.07) is 24.2. The van der Waals surface area contributed by atoms with Gasteiger partial charge in [-0.3, -0.25) is 0 Å². The summed E-state index contributed by atoms with van der Waals surface area (Å²) in [7, 11) is 5.31. The van der Waals surface area contributed by atoms with Crippen LogP contribution >= 0.6 is 0 Å². The van der Waals surface area contributed by atoms with E-state index in [9.17, 15) is 0 Å². The lowest BCUT2D eigenvalue weighted by atomic mass is 10.1. The molecule has 5 nitrogen and oxygen atoms in total. The van der Waals surface area contributed by atoms with E-state index in [1.54, 1.807) is 14.2 Å². The van der Waals surface area contributed by atoms with Crippen molar-refractivity contribution in [3.8, 4) is 22.9 Å². The van der Waals surface area contributed by atoms with Crippen molar-refractivity contribution in [1.82, 2.24) is 9.97 Å². The molecule has 0 N–H and O–H groups in total. The second kappa shape index (κ2) is 8.19. The Labute approximate surface area is 170 Å². The first-order valence-electron chi connectivity index (χ1n) is 9.44. The molecule has 4 aromatic rings. The number of methoxy groups -OCH3 is 2. The molecule has 0 aliphatic rings. The average molecular weight is 385 g/mol. The van der Waals surface area contributed by atoms with Crippen LogP contribution in [0.4, 0.5) is 5.82 Å². The number of hydrogen-bond donors (Lipinski definition) is 0. The van der Waals surface area contributed by atoms with Crippen LogP contribution in [0, 0.1) is 0 Å². The van der Waals surface area contributed by atoms with Crippen LogP contribution in [0.1, 0.15) is 5.56 Å². The van der Waals surface area contributed by atoms with Crippen molar-refractivity contribution in [1.29, 1.82) is 0 Å². The summed E-state index contributed by atoms with van der Waals surface area (Å²) in [5.74, 6) is 2.88. The van der Waals surface area contributed by atoms with Gasteiger partial charge in [0.15, 0.2) is 17.3 Å². The Hall–Kier alpha value is -3.60. The predicted octanol–water partition coefficient (Wildman–Crippen LogP) is 4.95. The van der Waals surface area contributed by atoms with Crippen LogP contribution in [0.15, 0.2) is 72.8 Å². The van der Waals surface area contributed by atoms with Crippen molar-refractivity contribution in [2.24, 2.45) is 0 Å². The monoisotopic (exact) mass is 385 g/mol. The van der Waals surface area contributed by atoms with Crippen molar-refractivity contribution >= 4 is 16.7 Å². The van der Waals surface area contributed by atoms with E-state index in [1.165, 1.54) is 5.56 Å². The Bertz CT molecular complexity index is 1130. The van der Waals surface area contributed by atoms with E-state index in [1.807, 2.05) is 42.5 Å². The topological polar surface area (TPSA) is 47.5 Å². The summed E-state index contributed by atoms with van der Waals surface area (Å²) in [4.78, 5) is 11.9. The quantitative estimate of drug-likeness (QED) is 0.470. The van der Waals surface area contributed by atoms with E-state index in [-0.39, 0.29) is 0 Å². The number of anilines is 1. The Morgan fingerprint density at radius 1 is 0.793 bits per heavy atom. The molecule has 0 amide bonds. The molecular formula is C24H23N3O2. The average Bonchev–Trinajstić information content (AvgIpc) is 2.78. The van der Waals surface area contributed by atoms with Gasteiger partial charge in [-0.05, 0) is 35.9 Å². The Kier molecular flexibility index (Phi) is 5.29. The van der Waals surface area contributed by atoms with Crippen LogP contribution in [0.5, 0.6) is 11.5 Å². The fourth-order valence-corrected chi connectivity index (χ4v) is 3.39. The summed E-state index contributed by atoms with van der Waals surface area (Å²) in [5, 5.41) is 1.02.